The average molecular weight is 239 g/mol. The Hall–Kier alpha value is -1.23. The maximum Gasteiger partial charge on any atom is 0.421 e. The van der Waals surface area contributed by atoms with Crippen LogP contribution in [0.3, 0.4) is 0 Å². The molecule has 0 aromatic heterocycles. The second-order valence-corrected chi connectivity index (χ2v) is 3.25. The molecular weight excluding hydrogens is 233 g/mol. The minimum atomic E-state index is -4.79. The smallest absolute Gasteiger partial charge is 0.421 e. The third-order valence-electron chi connectivity index (χ3n) is 1.78. The van der Waals surface area contributed by atoms with E-state index in [-0.39, 0.29) is 5.56 Å². The van der Waals surface area contributed by atoms with E-state index in [0.717, 1.165) is 19.1 Å². The SMILES string of the molecule is CC(=O)c1ccc(O)c(C(F)(F)F)c1Cl. The zero-order valence-corrected chi connectivity index (χ0v) is 8.28. The predicted octanol–water partition coefficient (Wildman–Crippen LogP) is 3.27. The van der Waals surface area contributed by atoms with Gasteiger partial charge in [0.25, 0.3) is 0 Å². The fourth-order valence-corrected chi connectivity index (χ4v) is 1.51. The van der Waals surface area contributed by atoms with Gasteiger partial charge in [0.15, 0.2) is 5.78 Å². The van der Waals surface area contributed by atoms with E-state index in [1.165, 1.54) is 0 Å². The molecule has 0 heterocycles. The van der Waals surface area contributed by atoms with Crippen LogP contribution in [0.15, 0.2) is 12.1 Å². The molecule has 1 aromatic carbocycles. The number of rotatable bonds is 1. The first-order valence-corrected chi connectivity index (χ1v) is 4.22. The number of Topliss-reactive ketones (excluding diaryl/α,β-unsaturated/α-hetero) is 1. The van der Waals surface area contributed by atoms with Gasteiger partial charge in [0.2, 0.25) is 0 Å². The molecule has 1 aromatic rings. The third kappa shape index (κ3) is 2.23. The van der Waals surface area contributed by atoms with Crippen molar-refractivity contribution in [3.8, 4) is 5.75 Å². The number of alkyl halides is 3. The number of benzene rings is 1. The van der Waals surface area contributed by atoms with E-state index >= 15 is 0 Å². The summed E-state index contributed by atoms with van der Waals surface area (Å²) in [5, 5.41) is 8.25. The molecule has 0 aliphatic heterocycles. The maximum atomic E-state index is 12.4. The Bertz CT molecular complexity index is 413. The first-order chi connectivity index (χ1) is 6.75. The fourth-order valence-electron chi connectivity index (χ4n) is 1.11. The molecule has 0 saturated heterocycles. The van der Waals surface area contributed by atoms with Crippen molar-refractivity contribution >= 4 is 17.4 Å². The van der Waals surface area contributed by atoms with E-state index in [1.807, 2.05) is 0 Å². The molecule has 0 aliphatic rings. The number of carbonyl (C=O) groups is 1. The number of halogens is 4. The number of hydrogen-bond donors (Lipinski definition) is 1. The number of phenolic OH excluding ortho intramolecular Hbond substituents is 1. The summed E-state index contributed by atoms with van der Waals surface area (Å²) in [5.41, 5.74) is -1.64. The number of ketones is 1. The van der Waals surface area contributed by atoms with Crippen LogP contribution in [0, 0.1) is 0 Å². The highest BCUT2D eigenvalue weighted by molar-refractivity contribution is 6.34. The lowest BCUT2D eigenvalue weighted by Gasteiger charge is -2.12. The van der Waals surface area contributed by atoms with E-state index in [4.69, 9.17) is 16.7 Å². The van der Waals surface area contributed by atoms with Crippen molar-refractivity contribution in [3.05, 3.63) is 28.3 Å². The Kier molecular flexibility index (Phi) is 2.95. The summed E-state index contributed by atoms with van der Waals surface area (Å²) in [6, 6.07) is 1.85. The monoisotopic (exact) mass is 238 g/mol. The lowest BCUT2D eigenvalue weighted by Crippen LogP contribution is -2.09. The molecule has 2 nitrogen and oxygen atoms in total. The van der Waals surface area contributed by atoms with Crippen LogP contribution in [0.2, 0.25) is 5.02 Å². The molecule has 0 radical (unpaired) electrons. The van der Waals surface area contributed by atoms with Crippen molar-refractivity contribution in [2.24, 2.45) is 0 Å². The van der Waals surface area contributed by atoms with Gasteiger partial charge in [0.1, 0.15) is 11.3 Å². The Morgan fingerprint density at radius 3 is 2.33 bits per heavy atom. The molecule has 0 fully saturated rings. The number of phenols is 1. The summed E-state index contributed by atoms with van der Waals surface area (Å²) < 4.78 is 37.2. The third-order valence-corrected chi connectivity index (χ3v) is 2.18. The van der Waals surface area contributed by atoms with Gasteiger partial charge in [0.05, 0.1) is 5.02 Å². The first-order valence-electron chi connectivity index (χ1n) is 3.84. The molecule has 0 atom stereocenters. The molecule has 0 bridgehead atoms. The predicted molar refractivity (Wildman–Crippen MR) is 48.1 cm³/mol. The Morgan fingerprint density at radius 2 is 1.93 bits per heavy atom. The van der Waals surface area contributed by atoms with E-state index in [0.29, 0.717) is 0 Å². The average Bonchev–Trinajstić information content (AvgIpc) is 2.00. The number of aromatic hydroxyl groups is 1. The quantitative estimate of drug-likeness (QED) is 0.763. The summed E-state index contributed by atoms with van der Waals surface area (Å²) in [5.74, 6) is -1.58. The van der Waals surface area contributed by atoms with Gasteiger partial charge in [-0.2, -0.15) is 13.2 Å². The van der Waals surface area contributed by atoms with Crippen LogP contribution in [0.4, 0.5) is 13.2 Å². The topological polar surface area (TPSA) is 37.3 Å². The van der Waals surface area contributed by atoms with Crippen LogP contribution in [0.5, 0.6) is 5.75 Å². The van der Waals surface area contributed by atoms with Crippen molar-refractivity contribution in [1.29, 1.82) is 0 Å². The normalized spacial score (nSPS) is 11.5. The number of hydrogen-bond acceptors (Lipinski definition) is 2. The Balaban J connectivity index is 3.51. The van der Waals surface area contributed by atoms with Crippen molar-refractivity contribution in [1.82, 2.24) is 0 Å². The van der Waals surface area contributed by atoms with E-state index in [1.54, 1.807) is 0 Å². The van der Waals surface area contributed by atoms with Crippen molar-refractivity contribution in [2.45, 2.75) is 13.1 Å². The zero-order chi connectivity index (χ0) is 11.8. The minimum absolute atomic E-state index is 0.262. The van der Waals surface area contributed by atoms with Crippen molar-refractivity contribution in [3.63, 3.8) is 0 Å². The van der Waals surface area contributed by atoms with Crippen LogP contribution >= 0.6 is 11.6 Å². The second kappa shape index (κ2) is 3.73. The van der Waals surface area contributed by atoms with Gasteiger partial charge < -0.3 is 5.11 Å². The van der Waals surface area contributed by atoms with E-state index < -0.39 is 28.3 Å². The molecule has 1 N–H and O–H groups in total. The second-order valence-electron chi connectivity index (χ2n) is 2.88. The molecule has 6 heteroatoms. The summed E-state index contributed by atoms with van der Waals surface area (Å²) in [6.45, 7) is 1.10. The lowest BCUT2D eigenvalue weighted by molar-refractivity contribution is -0.138. The first kappa shape index (κ1) is 11.8. The zero-order valence-electron chi connectivity index (χ0n) is 7.52. The highest BCUT2D eigenvalue weighted by atomic mass is 35.5. The molecule has 0 saturated carbocycles. The Morgan fingerprint density at radius 1 is 1.40 bits per heavy atom. The largest absolute Gasteiger partial charge is 0.507 e. The fraction of sp³-hybridized carbons (Fsp3) is 0.222. The van der Waals surface area contributed by atoms with Crippen LogP contribution in [-0.2, 0) is 6.18 Å². The highest BCUT2D eigenvalue weighted by Crippen LogP contribution is 2.41. The van der Waals surface area contributed by atoms with Gasteiger partial charge in [-0.1, -0.05) is 11.6 Å². The molecule has 15 heavy (non-hydrogen) atoms. The molecule has 0 spiro atoms. The maximum absolute atomic E-state index is 12.4. The molecular formula is C9H6ClF3O2. The van der Waals surface area contributed by atoms with Gasteiger partial charge >= 0.3 is 6.18 Å². The van der Waals surface area contributed by atoms with E-state index in [2.05, 4.69) is 0 Å². The van der Waals surface area contributed by atoms with Gasteiger partial charge in [-0.15, -0.1) is 0 Å². The highest BCUT2D eigenvalue weighted by Gasteiger charge is 2.37. The molecule has 0 unspecified atom stereocenters. The summed E-state index contributed by atoms with van der Waals surface area (Å²) in [6.07, 6.45) is -4.79. The molecule has 1 rings (SSSR count). The van der Waals surface area contributed by atoms with E-state index in [9.17, 15) is 18.0 Å². The summed E-state index contributed by atoms with van der Waals surface area (Å²) in [7, 11) is 0. The van der Waals surface area contributed by atoms with Gasteiger partial charge in [-0.25, -0.2) is 0 Å². The number of carbonyl (C=O) groups excluding carboxylic acids is 1. The lowest BCUT2D eigenvalue weighted by atomic mass is 10.1. The van der Waals surface area contributed by atoms with Crippen LogP contribution in [0.1, 0.15) is 22.8 Å². The molecule has 82 valence electrons. The van der Waals surface area contributed by atoms with Crippen LogP contribution in [0.25, 0.3) is 0 Å². The van der Waals surface area contributed by atoms with Crippen molar-refractivity contribution < 1.29 is 23.1 Å². The summed E-state index contributed by atoms with van der Waals surface area (Å²) >= 11 is 5.39. The van der Waals surface area contributed by atoms with Crippen LogP contribution < -0.4 is 0 Å². The standard InChI is InChI=1S/C9H6ClF3O2/c1-4(14)5-2-3-6(15)7(8(5)10)9(11,12)13/h2-3,15H,1H3. The molecule has 0 aliphatic carbocycles. The summed E-state index contributed by atoms with van der Waals surface area (Å²) in [4.78, 5) is 10.9. The minimum Gasteiger partial charge on any atom is -0.507 e. The Labute approximate surface area is 88.3 Å². The van der Waals surface area contributed by atoms with Gasteiger partial charge in [-0.05, 0) is 19.1 Å². The van der Waals surface area contributed by atoms with Crippen molar-refractivity contribution in [2.75, 3.05) is 0 Å². The van der Waals surface area contributed by atoms with Crippen LogP contribution in [-0.4, -0.2) is 10.9 Å². The van der Waals surface area contributed by atoms with Gasteiger partial charge in [0, 0.05) is 5.56 Å². The molecule has 0 amide bonds. The van der Waals surface area contributed by atoms with Gasteiger partial charge in [-0.3, -0.25) is 4.79 Å².